The lowest BCUT2D eigenvalue weighted by atomic mass is 10.0. The van der Waals surface area contributed by atoms with Crippen molar-refractivity contribution in [1.29, 1.82) is 0 Å². The van der Waals surface area contributed by atoms with Crippen LogP contribution in [0.2, 0.25) is 0 Å². The molecule has 3 aromatic carbocycles. The Bertz CT molecular complexity index is 1260. The Morgan fingerprint density at radius 2 is 1.56 bits per heavy atom. The summed E-state index contributed by atoms with van der Waals surface area (Å²) in [5.41, 5.74) is -0.0945. The van der Waals surface area contributed by atoms with E-state index in [1.807, 2.05) is 18.2 Å². The summed E-state index contributed by atoms with van der Waals surface area (Å²) in [5.74, 6) is -2.54. The zero-order valence-corrected chi connectivity index (χ0v) is 17.6. The predicted octanol–water partition coefficient (Wildman–Crippen LogP) is 4.90. The molecule has 1 aliphatic rings. The lowest BCUT2D eigenvalue weighted by Crippen LogP contribution is -2.54. The number of halogens is 2. The van der Waals surface area contributed by atoms with Crippen molar-refractivity contribution in [3.05, 3.63) is 95.1 Å². The molecule has 0 bridgehead atoms. The summed E-state index contributed by atoms with van der Waals surface area (Å²) in [4.78, 5) is 26.5. The number of rotatable bonds is 4. The fourth-order valence-corrected chi connectivity index (χ4v) is 3.39. The Labute approximate surface area is 187 Å². The molecule has 5 nitrogen and oxygen atoms in total. The minimum atomic E-state index is -1.14. The second-order valence-electron chi connectivity index (χ2n) is 6.97. The van der Waals surface area contributed by atoms with E-state index in [0.717, 1.165) is 11.0 Å². The maximum atomic E-state index is 14.3. The van der Waals surface area contributed by atoms with Crippen LogP contribution in [0.4, 0.5) is 14.5 Å². The van der Waals surface area contributed by atoms with Gasteiger partial charge in [0.1, 0.15) is 17.1 Å². The van der Waals surface area contributed by atoms with Crippen molar-refractivity contribution in [2.24, 2.45) is 0 Å². The van der Waals surface area contributed by atoms with Gasteiger partial charge in [-0.2, -0.15) is 0 Å². The van der Waals surface area contributed by atoms with E-state index in [-0.39, 0.29) is 21.8 Å². The van der Waals surface area contributed by atoms with Crippen LogP contribution in [0.1, 0.15) is 11.1 Å². The van der Waals surface area contributed by atoms with Gasteiger partial charge in [-0.25, -0.2) is 8.78 Å². The Balaban J connectivity index is 1.63. The predicted molar refractivity (Wildman–Crippen MR) is 120 cm³/mol. The monoisotopic (exact) mass is 450 g/mol. The molecule has 8 heteroatoms. The molecule has 1 heterocycles. The van der Waals surface area contributed by atoms with Crippen LogP contribution in [0.15, 0.2) is 72.3 Å². The van der Waals surface area contributed by atoms with Crippen LogP contribution in [0, 0.1) is 18.6 Å². The van der Waals surface area contributed by atoms with Crippen LogP contribution >= 0.6 is 12.2 Å². The van der Waals surface area contributed by atoms with Crippen molar-refractivity contribution in [3.8, 4) is 11.5 Å². The third-order valence-electron chi connectivity index (χ3n) is 4.78. The number of hydrogen-bond donors (Lipinski definition) is 1. The van der Waals surface area contributed by atoms with E-state index in [1.54, 1.807) is 36.4 Å². The molecule has 0 radical (unpaired) electrons. The molecule has 1 N–H and O–H groups in total. The lowest BCUT2D eigenvalue weighted by Gasteiger charge is -2.29. The molecule has 4 rings (SSSR count). The van der Waals surface area contributed by atoms with Gasteiger partial charge >= 0.3 is 0 Å². The van der Waals surface area contributed by atoms with Gasteiger partial charge in [0.05, 0.1) is 5.69 Å². The van der Waals surface area contributed by atoms with Gasteiger partial charge in [0.25, 0.3) is 11.8 Å². The topological polar surface area (TPSA) is 58.6 Å². The second-order valence-corrected chi connectivity index (χ2v) is 7.35. The summed E-state index contributed by atoms with van der Waals surface area (Å²) in [6, 6.07) is 18.3. The number of thiocarbonyl (C=S) groups is 1. The summed E-state index contributed by atoms with van der Waals surface area (Å²) in [7, 11) is 0. The van der Waals surface area contributed by atoms with Crippen LogP contribution in [0.5, 0.6) is 11.5 Å². The van der Waals surface area contributed by atoms with Gasteiger partial charge in [0.15, 0.2) is 16.7 Å². The average Bonchev–Trinajstić information content (AvgIpc) is 2.78. The smallest absolute Gasteiger partial charge is 0.270 e. The highest BCUT2D eigenvalue weighted by atomic mass is 32.1. The third-order valence-corrected chi connectivity index (χ3v) is 5.07. The zero-order valence-electron chi connectivity index (χ0n) is 16.8. The Morgan fingerprint density at radius 3 is 2.25 bits per heavy atom. The number of carbonyl (C=O) groups is 2. The first-order valence-corrected chi connectivity index (χ1v) is 9.95. The number of benzene rings is 3. The van der Waals surface area contributed by atoms with Crippen molar-refractivity contribution in [1.82, 2.24) is 5.32 Å². The number of anilines is 1. The molecule has 2 amide bonds. The zero-order chi connectivity index (χ0) is 22.8. The summed E-state index contributed by atoms with van der Waals surface area (Å²) < 4.78 is 33.9. The Hall–Kier alpha value is -3.91. The van der Waals surface area contributed by atoms with Gasteiger partial charge in [-0.05, 0) is 67.2 Å². The highest BCUT2D eigenvalue weighted by molar-refractivity contribution is 7.80. The molecule has 0 saturated carbocycles. The van der Waals surface area contributed by atoms with E-state index < -0.39 is 23.4 Å². The van der Waals surface area contributed by atoms with Gasteiger partial charge in [0.2, 0.25) is 0 Å². The average molecular weight is 450 g/mol. The lowest BCUT2D eigenvalue weighted by molar-refractivity contribution is -0.122. The number of nitrogens with zero attached hydrogens (tertiary/aromatic N) is 1. The fraction of sp³-hybridized carbons (Fsp3) is 0.0417. The summed E-state index contributed by atoms with van der Waals surface area (Å²) in [5, 5.41) is 2.29. The van der Waals surface area contributed by atoms with Gasteiger partial charge in [0, 0.05) is 5.56 Å². The van der Waals surface area contributed by atoms with E-state index in [2.05, 4.69) is 5.32 Å². The molecule has 0 aliphatic carbocycles. The fourth-order valence-electron chi connectivity index (χ4n) is 3.11. The molecule has 1 saturated heterocycles. The van der Waals surface area contributed by atoms with Gasteiger partial charge in [-0.3, -0.25) is 19.8 Å². The first kappa shape index (κ1) is 21.3. The normalized spacial score (nSPS) is 15.2. The van der Waals surface area contributed by atoms with Crippen LogP contribution in [-0.2, 0) is 9.59 Å². The maximum Gasteiger partial charge on any atom is 0.270 e. The van der Waals surface area contributed by atoms with E-state index in [1.165, 1.54) is 19.1 Å². The number of nitrogens with one attached hydrogen (secondary N) is 1. The molecule has 0 aromatic heterocycles. The summed E-state index contributed by atoms with van der Waals surface area (Å²) >= 11 is 5.16. The van der Waals surface area contributed by atoms with Crippen molar-refractivity contribution in [2.45, 2.75) is 6.92 Å². The van der Waals surface area contributed by atoms with E-state index in [0.29, 0.717) is 17.2 Å². The third kappa shape index (κ3) is 4.13. The van der Waals surface area contributed by atoms with E-state index in [9.17, 15) is 18.4 Å². The first-order valence-electron chi connectivity index (χ1n) is 9.54. The first-order chi connectivity index (χ1) is 15.3. The molecule has 1 fully saturated rings. The number of aryl methyl sites for hydroxylation is 1. The molecule has 0 spiro atoms. The van der Waals surface area contributed by atoms with Crippen molar-refractivity contribution in [2.75, 3.05) is 4.90 Å². The number of para-hydroxylation sites is 1. The molecular weight excluding hydrogens is 434 g/mol. The minimum Gasteiger partial charge on any atom is -0.457 e. The number of amides is 2. The van der Waals surface area contributed by atoms with Crippen LogP contribution in [0.3, 0.4) is 0 Å². The van der Waals surface area contributed by atoms with Crippen LogP contribution in [0.25, 0.3) is 6.08 Å². The minimum absolute atomic E-state index is 0.115. The molecule has 160 valence electrons. The quantitative estimate of drug-likeness (QED) is 0.349. The summed E-state index contributed by atoms with van der Waals surface area (Å²) in [6.45, 7) is 1.42. The van der Waals surface area contributed by atoms with Crippen LogP contribution in [-0.4, -0.2) is 16.9 Å². The second kappa shape index (κ2) is 8.68. The Morgan fingerprint density at radius 1 is 0.906 bits per heavy atom. The highest BCUT2D eigenvalue weighted by Gasteiger charge is 2.34. The number of carbonyl (C=O) groups excluding carboxylic acids is 2. The van der Waals surface area contributed by atoms with E-state index >= 15 is 0 Å². The van der Waals surface area contributed by atoms with Crippen LogP contribution < -0.4 is 15.0 Å². The summed E-state index contributed by atoms with van der Waals surface area (Å²) in [6.07, 6.45) is 1.01. The van der Waals surface area contributed by atoms with Gasteiger partial charge in [-0.15, -0.1) is 0 Å². The Kier molecular flexibility index (Phi) is 5.79. The SMILES string of the molecule is Cc1ccc(C=C2C(=O)NC(=S)N(c3ccc(Oc4ccccc4)cc3)C2=O)c(F)c1F. The van der Waals surface area contributed by atoms with E-state index in [4.69, 9.17) is 17.0 Å². The molecule has 0 unspecified atom stereocenters. The van der Waals surface area contributed by atoms with Crippen molar-refractivity contribution < 1.29 is 23.1 Å². The number of ether oxygens (including phenoxy) is 1. The molecule has 1 aliphatic heterocycles. The standard InChI is InChI=1S/C24H16F2N2O3S/c1-14-7-8-15(21(26)20(14)25)13-19-22(29)27-24(32)28(23(19)30)16-9-11-18(12-10-16)31-17-5-3-2-4-6-17/h2-13H,1H3,(H,27,29,32). The maximum absolute atomic E-state index is 14.3. The molecular formula is C24H16F2N2O3S. The van der Waals surface area contributed by atoms with Gasteiger partial charge < -0.3 is 4.74 Å². The molecule has 3 aromatic rings. The molecule has 32 heavy (non-hydrogen) atoms. The largest absolute Gasteiger partial charge is 0.457 e. The van der Waals surface area contributed by atoms with Crippen molar-refractivity contribution >= 4 is 40.9 Å². The highest BCUT2D eigenvalue weighted by Crippen LogP contribution is 2.27. The number of hydrogen-bond acceptors (Lipinski definition) is 4. The van der Waals surface area contributed by atoms with Crippen molar-refractivity contribution in [3.63, 3.8) is 0 Å². The molecule has 0 atom stereocenters. The van der Waals surface area contributed by atoms with Gasteiger partial charge in [-0.1, -0.05) is 30.3 Å².